The molecule has 1 aromatic heterocycles. The van der Waals surface area contributed by atoms with E-state index in [1.807, 2.05) is 21.0 Å². The predicted octanol–water partition coefficient (Wildman–Crippen LogP) is 0.368. The van der Waals surface area contributed by atoms with Crippen LogP contribution in [0.2, 0.25) is 0 Å². The Kier molecular flexibility index (Phi) is 3.06. The van der Waals surface area contributed by atoms with Crippen molar-refractivity contribution in [3.63, 3.8) is 0 Å². The summed E-state index contributed by atoms with van der Waals surface area (Å²) in [5, 5.41) is 9.96. The Labute approximate surface area is 104 Å². The summed E-state index contributed by atoms with van der Waals surface area (Å²) >= 11 is 1.53. The Bertz CT molecular complexity index is 521. The largest absolute Gasteiger partial charge is 0.478 e. The molecule has 0 unspecified atom stereocenters. The third kappa shape index (κ3) is 2.13. The lowest BCUT2D eigenvalue weighted by Crippen LogP contribution is -2.17. The van der Waals surface area contributed by atoms with Gasteiger partial charge in [-0.15, -0.1) is 11.3 Å². The fourth-order valence-corrected chi connectivity index (χ4v) is 2.84. The zero-order chi connectivity index (χ0) is 12.6. The number of Topliss-reactive ketones (excluding diaryl/α,β-unsaturated/α-hetero) is 1. The van der Waals surface area contributed by atoms with Gasteiger partial charge in [0.25, 0.3) is 0 Å². The molecule has 1 heterocycles. The van der Waals surface area contributed by atoms with E-state index < -0.39 is 5.97 Å². The SMILES string of the molecule is BCN(C)c1cc2c(s1)C=C(C(=O)O)C(=O)C2. The molecular weight excluding hydrogens is 237 g/mol. The molecule has 0 radical (unpaired) electrons. The highest BCUT2D eigenvalue weighted by molar-refractivity contribution is 7.17. The number of aliphatic carboxylic acids is 1. The smallest absolute Gasteiger partial charge is 0.339 e. The molecule has 0 atom stereocenters. The summed E-state index contributed by atoms with van der Waals surface area (Å²) < 4.78 is 0. The number of fused-ring (bicyclic) bond motifs is 1. The van der Waals surface area contributed by atoms with E-state index in [1.54, 1.807) is 0 Å². The Morgan fingerprint density at radius 3 is 2.94 bits per heavy atom. The van der Waals surface area contributed by atoms with Crippen molar-refractivity contribution in [2.75, 3.05) is 18.4 Å². The third-order valence-electron chi connectivity index (χ3n) is 2.84. The number of hydrogen-bond acceptors (Lipinski definition) is 4. The zero-order valence-corrected chi connectivity index (χ0v) is 10.5. The van der Waals surface area contributed by atoms with E-state index in [1.165, 1.54) is 17.4 Å². The second kappa shape index (κ2) is 4.37. The van der Waals surface area contributed by atoms with Gasteiger partial charge in [0.05, 0.1) is 5.00 Å². The number of hydrogen-bond donors (Lipinski definition) is 1. The summed E-state index contributed by atoms with van der Waals surface area (Å²) in [5.74, 6) is -1.45. The summed E-state index contributed by atoms with van der Waals surface area (Å²) in [7, 11) is 4.02. The lowest BCUT2D eigenvalue weighted by molar-refractivity contribution is -0.134. The van der Waals surface area contributed by atoms with Gasteiger partial charge in [-0.25, -0.2) is 4.79 Å². The summed E-state index contributed by atoms with van der Waals surface area (Å²) in [6.07, 6.45) is 2.56. The van der Waals surface area contributed by atoms with Gasteiger partial charge in [-0.1, -0.05) is 0 Å². The van der Waals surface area contributed by atoms with Crippen LogP contribution in [0.25, 0.3) is 6.08 Å². The first-order valence-corrected chi connectivity index (χ1v) is 6.16. The van der Waals surface area contributed by atoms with Crippen LogP contribution in [-0.4, -0.2) is 38.2 Å². The first kappa shape index (κ1) is 11.9. The molecule has 0 amide bonds. The quantitative estimate of drug-likeness (QED) is 0.621. The van der Waals surface area contributed by atoms with Crippen molar-refractivity contribution < 1.29 is 14.7 Å². The minimum absolute atomic E-state index is 0.106. The summed E-state index contributed by atoms with van der Waals surface area (Å²) in [5.41, 5.74) is 0.824. The van der Waals surface area contributed by atoms with Gasteiger partial charge in [0.15, 0.2) is 5.78 Å². The van der Waals surface area contributed by atoms with Crippen molar-refractivity contribution in [3.05, 3.63) is 22.1 Å². The molecule has 17 heavy (non-hydrogen) atoms. The minimum atomic E-state index is -1.14. The maximum Gasteiger partial charge on any atom is 0.339 e. The van der Waals surface area contributed by atoms with Gasteiger partial charge in [-0.3, -0.25) is 4.79 Å². The number of carboxylic acid groups (broad SMARTS) is 1. The van der Waals surface area contributed by atoms with E-state index in [2.05, 4.69) is 4.90 Å². The molecule has 1 N–H and O–H groups in total. The van der Waals surface area contributed by atoms with Gasteiger partial charge in [0, 0.05) is 18.3 Å². The Hall–Kier alpha value is -1.56. The lowest BCUT2D eigenvalue weighted by Gasteiger charge is -2.12. The van der Waals surface area contributed by atoms with Crippen LogP contribution in [0.1, 0.15) is 10.4 Å². The standard InChI is InChI=1S/C11H12BNO3S/c1-13(5-12)10-3-6-2-8(14)7(11(15)16)4-9(6)17-10/h3-4H,2,5,12H2,1H3,(H,15,16). The molecule has 0 fully saturated rings. The average molecular weight is 249 g/mol. The van der Waals surface area contributed by atoms with Crippen molar-refractivity contribution in [2.45, 2.75) is 6.42 Å². The maximum absolute atomic E-state index is 11.6. The minimum Gasteiger partial charge on any atom is -0.478 e. The van der Waals surface area contributed by atoms with Gasteiger partial charge in [0.1, 0.15) is 13.4 Å². The highest BCUT2D eigenvalue weighted by atomic mass is 32.1. The number of ketones is 1. The molecular formula is C11H12BNO3S. The summed E-state index contributed by atoms with van der Waals surface area (Å²) in [6.45, 7) is 0. The highest BCUT2D eigenvalue weighted by Gasteiger charge is 2.25. The number of thiophene rings is 1. The molecule has 1 aromatic rings. The van der Waals surface area contributed by atoms with Crippen LogP contribution in [0.3, 0.4) is 0 Å². The molecule has 6 heteroatoms. The topological polar surface area (TPSA) is 57.6 Å². The van der Waals surface area contributed by atoms with Crippen LogP contribution in [0, 0.1) is 0 Å². The van der Waals surface area contributed by atoms with E-state index >= 15 is 0 Å². The van der Waals surface area contributed by atoms with Crippen LogP contribution in [0.5, 0.6) is 0 Å². The van der Waals surface area contributed by atoms with E-state index in [0.717, 1.165) is 21.9 Å². The molecule has 2 rings (SSSR count). The van der Waals surface area contributed by atoms with E-state index in [-0.39, 0.29) is 17.8 Å². The number of nitrogens with zero attached hydrogens (tertiary/aromatic N) is 1. The first-order chi connectivity index (χ1) is 8.02. The number of rotatable bonds is 3. The van der Waals surface area contributed by atoms with Crippen LogP contribution in [0.15, 0.2) is 11.6 Å². The van der Waals surface area contributed by atoms with Crippen molar-refractivity contribution in [2.24, 2.45) is 0 Å². The lowest BCUT2D eigenvalue weighted by atomic mass is 9.97. The highest BCUT2D eigenvalue weighted by Crippen LogP contribution is 2.34. The van der Waals surface area contributed by atoms with E-state index in [9.17, 15) is 9.59 Å². The summed E-state index contributed by atoms with van der Waals surface area (Å²) in [4.78, 5) is 25.4. The molecule has 0 saturated heterocycles. The Morgan fingerprint density at radius 2 is 2.35 bits per heavy atom. The second-order valence-corrected chi connectivity index (χ2v) is 5.01. The van der Waals surface area contributed by atoms with Crippen LogP contribution in [-0.2, 0) is 16.0 Å². The molecule has 4 nitrogen and oxygen atoms in total. The number of carbonyl (C=O) groups is 2. The van der Waals surface area contributed by atoms with Gasteiger partial charge in [0.2, 0.25) is 0 Å². The molecule has 0 spiro atoms. The first-order valence-electron chi connectivity index (χ1n) is 5.35. The monoisotopic (exact) mass is 249 g/mol. The van der Waals surface area contributed by atoms with E-state index in [4.69, 9.17) is 5.11 Å². The Morgan fingerprint density at radius 1 is 1.65 bits per heavy atom. The van der Waals surface area contributed by atoms with Crippen LogP contribution >= 0.6 is 11.3 Å². The predicted molar refractivity (Wildman–Crippen MR) is 70.5 cm³/mol. The molecule has 0 aliphatic heterocycles. The van der Waals surface area contributed by atoms with Crippen molar-refractivity contribution in [3.8, 4) is 0 Å². The molecule has 88 valence electrons. The molecule has 1 aliphatic carbocycles. The van der Waals surface area contributed by atoms with Crippen LogP contribution < -0.4 is 4.90 Å². The number of carbonyl (C=O) groups excluding carboxylic acids is 1. The maximum atomic E-state index is 11.6. The fourth-order valence-electron chi connectivity index (χ4n) is 1.69. The molecule has 1 aliphatic rings. The van der Waals surface area contributed by atoms with Crippen molar-refractivity contribution in [1.29, 1.82) is 0 Å². The van der Waals surface area contributed by atoms with Crippen molar-refractivity contribution in [1.82, 2.24) is 0 Å². The van der Waals surface area contributed by atoms with Crippen LogP contribution in [0.4, 0.5) is 5.00 Å². The normalized spacial score (nSPS) is 14.2. The average Bonchev–Trinajstić information content (AvgIpc) is 2.69. The fraction of sp³-hybridized carbons (Fsp3) is 0.273. The summed E-state index contributed by atoms with van der Waals surface area (Å²) in [6, 6.07) is 1.97. The van der Waals surface area contributed by atoms with E-state index in [0.29, 0.717) is 0 Å². The van der Waals surface area contributed by atoms with Crippen molar-refractivity contribution >= 4 is 42.0 Å². The number of anilines is 1. The number of carboxylic acids is 1. The van der Waals surface area contributed by atoms with Gasteiger partial charge in [-0.05, 0) is 24.1 Å². The molecule has 0 saturated carbocycles. The third-order valence-corrected chi connectivity index (χ3v) is 4.08. The Balaban J connectivity index is 2.42. The van der Waals surface area contributed by atoms with Gasteiger partial charge in [-0.2, -0.15) is 0 Å². The molecule has 0 aromatic carbocycles. The van der Waals surface area contributed by atoms with Gasteiger partial charge >= 0.3 is 5.97 Å². The van der Waals surface area contributed by atoms with Gasteiger partial charge < -0.3 is 10.0 Å². The molecule has 0 bridgehead atoms. The second-order valence-electron chi connectivity index (χ2n) is 3.95. The zero-order valence-electron chi connectivity index (χ0n) is 9.69.